The van der Waals surface area contributed by atoms with Gasteiger partial charge in [-0.25, -0.2) is 0 Å². The van der Waals surface area contributed by atoms with Crippen molar-refractivity contribution >= 4 is 0 Å². The van der Waals surface area contributed by atoms with Crippen LogP contribution in [-0.4, -0.2) is 12.2 Å². The topological polar surface area (TPSA) is 42.2 Å². The van der Waals surface area contributed by atoms with Crippen molar-refractivity contribution in [3.8, 4) is 6.07 Å². The number of benzene rings is 2. The second-order valence-electron chi connectivity index (χ2n) is 5.89. The number of unbranched alkanes of at least 4 members (excludes halogenated alkanes) is 1. The quantitative estimate of drug-likeness (QED) is 0.586. The summed E-state index contributed by atoms with van der Waals surface area (Å²) >= 11 is 0. The standard InChI is InChI=1S/C21H25NO2/c1-18(23-16-19-10-4-2-5-11-19)21(14-8-9-15-22)24-17-20-12-6-3-7-13-20/h2-7,10-13,18,21H,8-9,14,16-17H2,1H3/t18?,21-/m1/s1. The molecule has 0 saturated heterocycles. The lowest BCUT2D eigenvalue weighted by Crippen LogP contribution is -2.29. The summed E-state index contributed by atoms with van der Waals surface area (Å²) in [6.07, 6.45) is 2.18. The van der Waals surface area contributed by atoms with Crippen molar-refractivity contribution in [3.05, 3.63) is 71.8 Å². The Bertz CT molecular complexity index is 607. The highest BCUT2D eigenvalue weighted by Gasteiger charge is 2.18. The highest BCUT2D eigenvalue weighted by molar-refractivity contribution is 5.14. The van der Waals surface area contributed by atoms with E-state index in [0.717, 1.165) is 24.0 Å². The summed E-state index contributed by atoms with van der Waals surface area (Å²) in [7, 11) is 0. The Labute approximate surface area is 144 Å². The van der Waals surface area contributed by atoms with E-state index in [1.165, 1.54) is 0 Å². The Hall–Kier alpha value is -2.15. The number of hydrogen-bond donors (Lipinski definition) is 0. The summed E-state index contributed by atoms with van der Waals surface area (Å²) in [5.74, 6) is 0. The van der Waals surface area contributed by atoms with Crippen LogP contribution in [0, 0.1) is 11.3 Å². The van der Waals surface area contributed by atoms with E-state index in [2.05, 4.69) is 30.3 Å². The normalized spacial score (nSPS) is 13.2. The van der Waals surface area contributed by atoms with Crippen LogP contribution in [0.15, 0.2) is 60.7 Å². The zero-order valence-electron chi connectivity index (χ0n) is 14.2. The minimum Gasteiger partial charge on any atom is -0.371 e. The molecule has 0 radical (unpaired) electrons. The minimum absolute atomic E-state index is 0.0118. The van der Waals surface area contributed by atoms with Crippen LogP contribution in [0.3, 0.4) is 0 Å². The summed E-state index contributed by atoms with van der Waals surface area (Å²) < 4.78 is 12.1. The van der Waals surface area contributed by atoms with Gasteiger partial charge in [0.2, 0.25) is 0 Å². The molecule has 0 aliphatic carbocycles. The fourth-order valence-corrected chi connectivity index (χ4v) is 2.52. The van der Waals surface area contributed by atoms with Crippen LogP contribution >= 0.6 is 0 Å². The van der Waals surface area contributed by atoms with E-state index in [-0.39, 0.29) is 12.2 Å². The van der Waals surface area contributed by atoms with E-state index in [0.29, 0.717) is 19.6 Å². The Morgan fingerprint density at radius 1 is 0.875 bits per heavy atom. The molecule has 0 fully saturated rings. The second-order valence-corrected chi connectivity index (χ2v) is 5.89. The van der Waals surface area contributed by atoms with Gasteiger partial charge in [-0.05, 0) is 30.9 Å². The van der Waals surface area contributed by atoms with E-state index in [9.17, 15) is 0 Å². The van der Waals surface area contributed by atoms with Crippen molar-refractivity contribution < 1.29 is 9.47 Å². The number of nitrogens with zero attached hydrogens (tertiary/aromatic N) is 1. The molecule has 2 atom stereocenters. The summed E-state index contributed by atoms with van der Waals surface area (Å²) in [5, 5.41) is 8.76. The average Bonchev–Trinajstić information content (AvgIpc) is 2.64. The van der Waals surface area contributed by atoms with Gasteiger partial charge in [-0.2, -0.15) is 5.26 Å². The molecule has 0 N–H and O–H groups in total. The van der Waals surface area contributed by atoms with Crippen LogP contribution in [0.1, 0.15) is 37.3 Å². The van der Waals surface area contributed by atoms with Gasteiger partial charge in [0.1, 0.15) is 0 Å². The lowest BCUT2D eigenvalue weighted by atomic mass is 10.1. The summed E-state index contributed by atoms with van der Waals surface area (Å²) in [6, 6.07) is 22.5. The van der Waals surface area contributed by atoms with Crippen molar-refractivity contribution in [3.63, 3.8) is 0 Å². The first kappa shape index (κ1) is 18.2. The molecule has 0 amide bonds. The van der Waals surface area contributed by atoms with Gasteiger partial charge in [0.25, 0.3) is 0 Å². The Morgan fingerprint density at radius 2 is 1.42 bits per heavy atom. The number of rotatable bonds is 10. The molecule has 0 heterocycles. The Balaban J connectivity index is 1.87. The molecule has 0 aromatic heterocycles. The van der Waals surface area contributed by atoms with Crippen LogP contribution < -0.4 is 0 Å². The molecule has 3 heteroatoms. The smallest absolute Gasteiger partial charge is 0.0839 e. The zero-order valence-corrected chi connectivity index (χ0v) is 14.2. The van der Waals surface area contributed by atoms with Crippen LogP contribution in [0.5, 0.6) is 0 Å². The molecular formula is C21H25NO2. The fraction of sp³-hybridized carbons (Fsp3) is 0.381. The first-order chi connectivity index (χ1) is 11.8. The summed E-state index contributed by atoms with van der Waals surface area (Å²) in [6.45, 7) is 3.19. The maximum atomic E-state index is 8.76. The molecule has 0 bridgehead atoms. The minimum atomic E-state index is -0.0207. The van der Waals surface area contributed by atoms with Gasteiger partial charge in [-0.15, -0.1) is 0 Å². The number of ether oxygens (including phenoxy) is 2. The summed E-state index contributed by atoms with van der Waals surface area (Å²) in [4.78, 5) is 0. The van der Waals surface area contributed by atoms with Gasteiger partial charge < -0.3 is 9.47 Å². The molecule has 24 heavy (non-hydrogen) atoms. The van der Waals surface area contributed by atoms with E-state index in [1.54, 1.807) is 0 Å². The number of nitriles is 1. The third kappa shape index (κ3) is 6.54. The lowest BCUT2D eigenvalue weighted by Gasteiger charge is -2.25. The van der Waals surface area contributed by atoms with Crippen molar-refractivity contribution in [2.45, 2.75) is 51.6 Å². The van der Waals surface area contributed by atoms with E-state index in [4.69, 9.17) is 14.7 Å². The van der Waals surface area contributed by atoms with E-state index >= 15 is 0 Å². The first-order valence-electron chi connectivity index (χ1n) is 8.47. The van der Waals surface area contributed by atoms with Crippen molar-refractivity contribution in [2.75, 3.05) is 0 Å². The number of hydrogen-bond acceptors (Lipinski definition) is 3. The van der Waals surface area contributed by atoms with Crippen molar-refractivity contribution in [1.82, 2.24) is 0 Å². The van der Waals surface area contributed by atoms with Crippen molar-refractivity contribution in [2.24, 2.45) is 0 Å². The first-order valence-corrected chi connectivity index (χ1v) is 8.47. The van der Waals surface area contributed by atoms with Gasteiger partial charge >= 0.3 is 0 Å². The molecule has 2 rings (SSSR count). The van der Waals surface area contributed by atoms with Crippen LogP contribution in [-0.2, 0) is 22.7 Å². The molecule has 2 aromatic rings. The molecule has 0 saturated carbocycles. The van der Waals surface area contributed by atoms with Gasteiger partial charge in [0.05, 0.1) is 31.5 Å². The van der Waals surface area contributed by atoms with E-state index < -0.39 is 0 Å². The third-order valence-electron chi connectivity index (χ3n) is 3.96. The van der Waals surface area contributed by atoms with Crippen LogP contribution in [0.25, 0.3) is 0 Å². The monoisotopic (exact) mass is 323 g/mol. The molecule has 3 nitrogen and oxygen atoms in total. The molecule has 126 valence electrons. The fourth-order valence-electron chi connectivity index (χ4n) is 2.52. The SMILES string of the molecule is CC(OCc1ccccc1)[C@@H](CCCC#N)OCc1ccccc1. The average molecular weight is 323 g/mol. The third-order valence-corrected chi connectivity index (χ3v) is 3.96. The highest BCUT2D eigenvalue weighted by Crippen LogP contribution is 2.16. The molecule has 0 aliphatic heterocycles. The second kappa shape index (κ2) is 10.6. The van der Waals surface area contributed by atoms with Crippen molar-refractivity contribution in [1.29, 1.82) is 5.26 Å². The Kier molecular flexibility index (Phi) is 8.03. The van der Waals surface area contributed by atoms with Crippen LogP contribution in [0.4, 0.5) is 0 Å². The molecule has 2 aromatic carbocycles. The predicted molar refractivity (Wildman–Crippen MR) is 95.2 cm³/mol. The van der Waals surface area contributed by atoms with E-state index in [1.807, 2.05) is 43.3 Å². The zero-order chi connectivity index (χ0) is 17.0. The Morgan fingerprint density at radius 3 is 1.96 bits per heavy atom. The molecular weight excluding hydrogens is 298 g/mol. The summed E-state index contributed by atoms with van der Waals surface area (Å²) in [5.41, 5.74) is 2.31. The molecule has 0 aliphatic rings. The highest BCUT2D eigenvalue weighted by atomic mass is 16.5. The van der Waals surface area contributed by atoms with Crippen LogP contribution in [0.2, 0.25) is 0 Å². The molecule has 1 unspecified atom stereocenters. The maximum Gasteiger partial charge on any atom is 0.0839 e. The lowest BCUT2D eigenvalue weighted by molar-refractivity contribution is -0.0809. The van der Waals surface area contributed by atoms with Gasteiger partial charge in [0, 0.05) is 6.42 Å². The van der Waals surface area contributed by atoms with Gasteiger partial charge in [-0.1, -0.05) is 60.7 Å². The molecule has 0 spiro atoms. The van der Waals surface area contributed by atoms with Gasteiger partial charge in [0.15, 0.2) is 0 Å². The van der Waals surface area contributed by atoms with Gasteiger partial charge in [-0.3, -0.25) is 0 Å². The largest absolute Gasteiger partial charge is 0.371 e. The predicted octanol–water partition coefficient (Wildman–Crippen LogP) is 4.87. The maximum absolute atomic E-state index is 8.76.